The Bertz CT molecular complexity index is 532. The van der Waals surface area contributed by atoms with E-state index in [0.717, 1.165) is 18.7 Å². The van der Waals surface area contributed by atoms with Gasteiger partial charge in [0.15, 0.2) is 0 Å². The molecule has 1 heterocycles. The van der Waals surface area contributed by atoms with Crippen LogP contribution in [0, 0.1) is 5.41 Å². The molecular weight excluding hydrogens is 246 g/mol. The molecule has 0 atom stereocenters. The number of nitrogens with zero attached hydrogens (tertiary/aromatic N) is 1. The van der Waals surface area contributed by atoms with Gasteiger partial charge in [-0.3, -0.25) is 9.59 Å². The second-order valence-electron chi connectivity index (χ2n) is 5.66. The monoisotopic (exact) mass is 265 g/mol. The van der Waals surface area contributed by atoms with Crippen molar-refractivity contribution in [1.29, 1.82) is 0 Å². The molecule has 1 aromatic rings. The lowest BCUT2D eigenvalue weighted by Crippen LogP contribution is -2.26. The number of aliphatic carboxylic acids is 1. The minimum absolute atomic E-state index is 0.170. The molecule has 0 bridgehead atoms. The molecule has 6 heteroatoms. The summed E-state index contributed by atoms with van der Waals surface area (Å²) in [5.41, 5.74) is -0.954. The van der Waals surface area contributed by atoms with Crippen molar-refractivity contribution in [3.05, 3.63) is 22.2 Å². The molecule has 1 fully saturated rings. The van der Waals surface area contributed by atoms with E-state index in [-0.39, 0.29) is 5.56 Å². The van der Waals surface area contributed by atoms with Gasteiger partial charge in [-0.15, -0.1) is 0 Å². The Hall–Kier alpha value is -1.85. The minimum atomic E-state index is -0.827. The van der Waals surface area contributed by atoms with Crippen LogP contribution in [0.1, 0.15) is 44.9 Å². The molecule has 1 aliphatic rings. The second-order valence-corrected chi connectivity index (χ2v) is 5.66. The molecule has 0 radical (unpaired) electrons. The quantitative estimate of drug-likeness (QED) is 0.725. The summed E-state index contributed by atoms with van der Waals surface area (Å²) in [5, 5.41) is 12.0. The lowest BCUT2D eigenvalue weighted by atomic mass is 9.90. The third-order valence-corrected chi connectivity index (χ3v) is 3.36. The summed E-state index contributed by atoms with van der Waals surface area (Å²) in [5.74, 6) is 0.802. The fourth-order valence-electron chi connectivity index (χ4n) is 1.73. The summed E-state index contributed by atoms with van der Waals surface area (Å²) in [6.45, 7) is 3.83. The Kier molecular flexibility index (Phi) is 3.59. The Morgan fingerprint density at radius 1 is 1.58 bits per heavy atom. The Morgan fingerprint density at radius 2 is 2.26 bits per heavy atom. The fraction of sp³-hybridized carbons (Fsp3) is 0.615. The maximum absolute atomic E-state index is 11.5. The molecule has 0 aliphatic heterocycles. The van der Waals surface area contributed by atoms with Crippen LogP contribution < -0.4 is 10.9 Å². The lowest BCUT2D eigenvalue weighted by Gasteiger charge is -2.19. The number of aromatic nitrogens is 2. The van der Waals surface area contributed by atoms with Gasteiger partial charge in [-0.1, -0.05) is 0 Å². The van der Waals surface area contributed by atoms with Crippen LogP contribution >= 0.6 is 0 Å². The maximum Gasteiger partial charge on any atom is 0.309 e. The Balaban J connectivity index is 1.96. The van der Waals surface area contributed by atoms with Gasteiger partial charge >= 0.3 is 5.97 Å². The number of H-pyrrole nitrogens is 1. The van der Waals surface area contributed by atoms with Crippen LogP contribution in [0.3, 0.4) is 0 Å². The average Bonchev–Trinajstić information content (AvgIpc) is 3.11. The average molecular weight is 265 g/mol. The summed E-state index contributed by atoms with van der Waals surface area (Å²) in [6.07, 6.45) is 2.60. The number of carboxylic acid groups (broad SMARTS) is 1. The summed E-state index contributed by atoms with van der Waals surface area (Å²) >= 11 is 0. The third-order valence-electron chi connectivity index (χ3n) is 3.36. The topological polar surface area (TPSA) is 95.1 Å². The van der Waals surface area contributed by atoms with Crippen molar-refractivity contribution in [2.24, 2.45) is 5.41 Å². The van der Waals surface area contributed by atoms with Gasteiger partial charge in [-0.05, 0) is 33.1 Å². The van der Waals surface area contributed by atoms with E-state index in [9.17, 15) is 9.59 Å². The van der Waals surface area contributed by atoms with Gasteiger partial charge in [0.05, 0.1) is 5.41 Å². The molecule has 0 saturated heterocycles. The second kappa shape index (κ2) is 5.03. The molecule has 0 amide bonds. The zero-order valence-corrected chi connectivity index (χ0v) is 11.2. The molecule has 19 heavy (non-hydrogen) atoms. The highest BCUT2D eigenvalue weighted by atomic mass is 16.4. The van der Waals surface area contributed by atoms with E-state index in [2.05, 4.69) is 15.3 Å². The highest BCUT2D eigenvalue weighted by molar-refractivity contribution is 5.73. The van der Waals surface area contributed by atoms with Crippen molar-refractivity contribution in [3.63, 3.8) is 0 Å². The molecular formula is C13H19N3O3. The van der Waals surface area contributed by atoms with Crippen molar-refractivity contribution < 1.29 is 9.90 Å². The molecule has 1 aromatic heterocycles. The van der Waals surface area contributed by atoms with Crippen LogP contribution in [0.25, 0.3) is 0 Å². The van der Waals surface area contributed by atoms with E-state index >= 15 is 0 Å². The fourth-order valence-corrected chi connectivity index (χ4v) is 1.73. The van der Waals surface area contributed by atoms with Crippen molar-refractivity contribution in [2.45, 2.75) is 39.0 Å². The van der Waals surface area contributed by atoms with E-state index in [1.165, 1.54) is 6.07 Å². The molecule has 0 unspecified atom stereocenters. The van der Waals surface area contributed by atoms with Crippen molar-refractivity contribution in [3.8, 4) is 0 Å². The zero-order valence-electron chi connectivity index (χ0n) is 11.2. The largest absolute Gasteiger partial charge is 0.481 e. The van der Waals surface area contributed by atoms with E-state index in [1.807, 2.05) is 0 Å². The molecule has 3 N–H and O–H groups in total. The molecule has 0 aromatic carbocycles. The maximum atomic E-state index is 11.5. The van der Waals surface area contributed by atoms with Crippen LogP contribution in [-0.2, 0) is 4.79 Å². The summed E-state index contributed by atoms with van der Waals surface area (Å²) in [4.78, 5) is 29.5. The normalized spacial score (nSPS) is 15.3. The van der Waals surface area contributed by atoms with Crippen molar-refractivity contribution in [1.82, 2.24) is 9.97 Å². The van der Waals surface area contributed by atoms with Gasteiger partial charge in [0.2, 0.25) is 0 Å². The van der Waals surface area contributed by atoms with E-state index < -0.39 is 11.4 Å². The van der Waals surface area contributed by atoms with Crippen LogP contribution in [-0.4, -0.2) is 27.6 Å². The summed E-state index contributed by atoms with van der Waals surface area (Å²) < 4.78 is 0. The number of rotatable bonds is 6. The lowest BCUT2D eigenvalue weighted by molar-refractivity contribution is -0.147. The first-order valence-electron chi connectivity index (χ1n) is 6.47. The van der Waals surface area contributed by atoms with Crippen molar-refractivity contribution >= 4 is 11.8 Å². The number of hydrogen-bond acceptors (Lipinski definition) is 4. The molecule has 104 valence electrons. The van der Waals surface area contributed by atoms with E-state index in [4.69, 9.17) is 5.11 Å². The standard InChI is InChI=1S/C13H19N3O3/c1-13(2,12(18)19)5-6-14-9-7-10(17)16-11(15-9)8-3-4-8/h7-8H,3-6H2,1-2H3,(H,18,19)(H2,14,15,16,17). The number of carboxylic acids is 1. The summed E-state index contributed by atoms with van der Waals surface area (Å²) in [6, 6.07) is 1.40. The predicted molar refractivity (Wildman–Crippen MR) is 71.4 cm³/mol. The van der Waals surface area contributed by atoms with Gasteiger partial charge in [0.1, 0.15) is 11.6 Å². The van der Waals surface area contributed by atoms with Gasteiger partial charge < -0.3 is 15.4 Å². The van der Waals surface area contributed by atoms with Crippen LogP contribution in [0.15, 0.2) is 10.9 Å². The number of nitrogens with one attached hydrogen (secondary N) is 2. The van der Waals surface area contributed by atoms with Gasteiger partial charge in [-0.2, -0.15) is 0 Å². The van der Waals surface area contributed by atoms with Gasteiger partial charge in [-0.25, -0.2) is 4.98 Å². The minimum Gasteiger partial charge on any atom is -0.481 e. The van der Waals surface area contributed by atoms with Gasteiger partial charge in [0.25, 0.3) is 5.56 Å². The Morgan fingerprint density at radius 3 is 2.84 bits per heavy atom. The third kappa shape index (κ3) is 3.56. The molecule has 6 nitrogen and oxygen atoms in total. The highest BCUT2D eigenvalue weighted by Gasteiger charge is 2.27. The first-order chi connectivity index (χ1) is 8.88. The highest BCUT2D eigenvalue weighted by Crippen LogP contribution is 2.37. The number of hydrogen-bond donors (Lipinski definition) is 3. The van der Waals surface area contributed by atoms with Crippen molar-refractivity contribution in [2.75, 3.05) is 11.9 Å². The number of anilines is 1. The molecule has 1 aliphatic carbocycles. The predicted octanol–water partition coefficient (Wildman–Crippen LogP) is 1.56. The molecule has 2 rings (SSSR count). The smallest absolute Gasteiger partial charge is 0.309 e. The summed E-state index contributed by atoms with van der Waals surface area (Å²) in [7, 11) is 0. The van der Waals surface area contributed by atoms with E-state index in [0.29, 0.717) is 24.7 Å². The molecule has 1 saturated carbocycles. The van der Waals surface area contributed by atoms with Crippen LogP contribution in [0.2, 0.25) is 0 Å². The number of aromatic amines is 1. The van der Waals surface area contributed by atoms with Crippen LogP contribution in [0.5, 0.6) is 0 Å². The first kappa shape index (κ1) is 13.6. The van der Waals surface area contributed by atoms with E-state index in [1.54, 1.807) is 13.8 Å². The first-order valence-corrected chi connectivity index (χ1v) is 6.47. The van der Waals surface area contributed by atoms with Gasteiger partial charge in [0, 0.05) is 18.5 Å². The SMILES string of the molecule is CC(C)(CCNc1cc(=O)[nH]c(C2CC2)n1)C(=O)O. The Labute approximate surface area is 111 Å². The zero-order chi connectivity index (χ0) is 14.0. The molecule has 0 spiro atoms. The van der Waals surface area contributed by atoms with Crippen LogP contribution in [0.4, 0.5) is 5.82 Å². The number of carbonyl (C=O) groups is 1.